The fourth-order valence-electron chi connectivity index (χ4n) is 4.60. The molecule has 5 rings (SSSR count). The lowest BCUT2D eigenvalue weighted by Gasteiger charge is -2.13. The third kappa shape index (κ3) is 5.25. The number of fused-ring (bicyclic) bond motifs is 3. The number of aromatic nitrogens is 4. The number of hydrogen-bond acceptors (Lipinski definition) is 8. The number of sulfonamides is 1. The number of nitrogens with one attached hydrogen (secondary N) is 2. The van der Waals surface area contributed by atoms with Gasteiger partial charge in [0.2, 0.25) is 15.9 Å². The maximum atomic E-state index is 12.7. The number of carbonyl (C=O) groups is 1. The first kappa shape index (κ1) is 26.1. The number of benzene rings is 1. The van der Waals surface area contributed by atoms with Gasteiger partial charge in [0.05, 0.1) is 16.0 Å². The van der Waals surface area contributed by atoms with Gasteiger partial charge in [0.15, 0.2) is 10.8 Å². The minimum Gasteiger partial charge on any atom is -0.325 e. The molecule has 3 aromatic heterocycles. The lowest BCUT2D eigenvalue weighted by molar-refractivity contribution is -0.113. The number of thioether (sulfide) groups is 1. The summed E-state index contributed by atoms with van der Waals surface area (Å²) in [7, 11) is -3.57. The van der Waals surface area contributed by atoms with Crippen molar-refractivity contribution < 1.29 is 13.2 Å². The van der Waals surface area contributed by atoms with Crippen LogP contribution in [0.3, 0.4) is 0 Å². The van der Waals surface area contributed by atoms with E-state index in [4.69, 9.17) is 4.98 Å². The fraction of sp³-hybridized carbons (Fsp3) is 0.440. The molecule has 1 saturated carbocycles. The van der Waals surface area contributed by atoms with Crippen LogP contribution in [-0.4, -0.2) is 45.7 Å². The van der Waals surface area contributed by atoms with Crippen molar-refractivity contribution in [3.8, 4) is 0 Å². The van der Waals surface area contributed by atoms with Gasteiger partial charge in [-0.25, -0.2) is 18.1 Å². The minimum absolute atomic E-state index is 0.00447. The molecule has 1 amide bonds. The molecular weight excluding hydrogens is 529 g/mol. The first-order chi connectivity index (χ1) is 17.6. The van der Waals surface area contributed by atoms with Gasteiger partial charge in [0, 0.05) is 22.5 Å². The Morgan fingerprint density at radius 3 is 2.54 bits per heavy atom. The Balaban J connectivity index is 1.29. The van der Waals surface area contributed by atoms with E-state index in [1.165, 1.54) is 28.8 Å². The van der Waals surface area contributed by atoms with E-state index in [1.807, 2.05) is 4.40 Å². The molecule has 3 heterocycles. The summed E-state index contributed by atoms with van der Waals surface area (Å²) in [5.74, 6) is 0.918. The molecule has 1 aliphatic carbocycles. The highest BCUT2D eigenvalue weighted by Gasteiger charge is 2.23. The predicted molar refractivity (Wildman–Crippen MR) is 148 cm³/mol. The number of anilines is 1. The molecule has 0 bridgehead atoms. The predicted octanol–water partition coefficient (Wildman–Crippen LogP) is 5.03. The maximum Gasteiger partial charge on any atom is 0.240 e. The van der Waals surface area contributed by atoms with Gasteiger partial charge in [-0.05, 0) is 56.5 Å². The van der Waals surface area contributed by atoms with Crippen LogP contribution in [0.4, 0.5) is 5.69 Å². The van der Waals surface area contributed by atoms with Crippen LogP contribution in [0.25, 0.3) is 15.9 Å². The van der Waals surface area contributed by atoms with Gasteiger partial charge in [0.25, 0.3) is 0 Å². The van der Waals surface area contributed by atoms with Crippen LogP contribution in [0.5, 0.6) is 0 Å². The molecule has 1 fully saturated rings. The quantitative estimate of drug-likeness (QED) is 0.291. The van der Waals surface area contributed by atoms with Gasteiger partial charge in [-0.15, -0.1) is 21.5 Å². The van der Waals surface area contributed by atoms with Gasteiger partial charge < -0.3 is 5.32 Å². The van der Waals surface area contributed by atoms with Crippen molar-refractivity contribution in [2.75, 3.05) is 11.1 Å². The Hall–Kier alpha value is -2.54. The number of amides is 1. The summed E-state index contributed by atoms with van der Waals surface area (Å²) < 4.78 is 30.0. The van der Waals surface area contributed by atoms with E-state index >= 15 is 0 Å². The smallest absolute Gasteiger partial charge is 0.240 e. The highest BCUT2D eigenvalue weighted by Crippen LogP contribution is 2.34. The van der Waals surface area contributed by atoms with Crippen LogP contribution >= 0.6 is 23.1 Å². The number of aryl methyl sites for hydroxylation is 2. The van der Waals surface area contributed by atoms with Crippen molar-refractivity contribution in [3.63, 3.8) is 0 Å². The molecule has 0 aliphatic heterocycles. The molecule has 1 aliphatic rings. The summed E-state index contributed by atoms with van der Waals surface area (Å²) in [6.07, 6.45) is 3.85. The number of carbonyl (C=O) groups excluding carboxylic acids is 1. The normalized spacial score (nSPS) is 14.8. The van der Waals surface area contributed by atoms with Crippen molar-refractivity contribution in [3.05, 3.63) is 40.5 Å². The summed E-state index contributed by atoms with van der Waals surface area (Å²) in [4.78, 5) is 20.0. The third-order valence-electron chi connectivity index (χ3n) is 6.64. The van der Waals surface area contributed by atoms with Crippen LogP contribution < -0.4 is 10.0 Å². The van der Waals surface area contributed by atoms with Gasteiger partial charge in [-0.1, -0.05) is 38.5 Å². The number of hydrogen-bond donors (Lipinski definition) is 2. The number of nitrogens with zero attached hydrogens (tertiary/aromatic N) is 4. The van der Waals surface area contributed by atoms with E-state index in [2.05, 4.69) is 47.9 Å². The highest BCUT2D eigenvalue weighted by atomic mass is 32.2. The van der Waals surface area contributed by atoms with Crippen LogP contribution in [0.2, 0.25) is 0 Å². The van der Waals surface area contributed by atoms with Crippen molar-refractivity contribution in [1.29, 1.82) is 0 Å². The molecule has 2 N–H and O–H groups in total. The molecule has 1 aromatic carbocycles. The Labute approximate surface area is 224 Å². The maximum absolute atomic E-state index is 12.7. The molecule has 4 aromatic rings. The average molecular weight is 559 g/mol. The lowest BCUT2D eigenvalue weighted by Crippen LogP contribution is -2.32. The molecule has 196 valence electrons. The summed E-state index contributed by atoms with van der Waals surface area (Å²) in [6.45, 7) is 8.31. The first-order valence-corrected chi connectivity index (χ1v) is 15.6. The van der Waals surface area contributed by atoms with E-state index in [-0.39, 0.29) is 28.5 Å². The van der Waals surface area contributed by atoms with Gasteiger partial charge in [0.1, 0.15) is 10.7 Å². The van der Waals surface area contributed by atoms with Crippen molar-refractivity contribution in [2.45, 2.75) is 75.4 Å². The molecule has 9 nitrogen and oxygen atoms in total. The van der Waals surface area contributed by atoms with Crippen molar-refractivity contribution >= 4 is 60.6 Å². The second kappa shape index (κ2) is 10.3. The molecule has 0 unspecified atom stereocenters. The zero-order chi connectivity index (χ0) is 26.3. The Morgan fingerprint density at radius 1 is 1.16 bits per heavy atom. The average Bonchev–Trinajstić information content (AvgIpc) is 3.57. The van der Waals surface area contributed by atoms with E-state index < -0.39 is 10.0 Å². The third-order valence-corrected chi connectivity index (χ3v) is 10.2. The van der Waals surface area contributed by atoms with E-state index in [9.17, 15) is 13.2 Å². The molecule has 0 saturated heterocycles. The van der Waals surface area contributed by atoms with Crippen LogP contribution in [0.1, 0.15) is 61.7 Å². The molecule has 12 heteroatoms. The van der Waals surface area contributed by atoms with E-state index in [0.717, 1.165) is 52.9 Å². The van der Waals surface area contributed by atoms with Crippen LogP contribution in [-0.2, 0) is 14.8 Å². The monoisotopic (exact) mass is 558 g/mol. The zero-order valence-corrected chi connectivity index (χ0v) is 23.7. The zero-order valence-electron chi connectivity index (χ0n) is 21.2. The lowest BCUT2D eigenvalue weighted by atomic mass is 10.2. The van der Waals surface area contributed by atoms with Gasteiger partial charge >= 0.3 is 0 Å². The minimum atomic E-state index is -3.57. The molecule has 0 radical (unpaired) electrons. The molecule has 37 heavy (non-hydrogen) atoms. The van der Waals surface area contributed by atoms with Crippen molar-refractivity contribution in [2.24, 2.45) is 0 Å². The fourth-order valence-corrected chi connectivity index (χ4v) is 7.68. The SMILES string of the molecule is Cc1sc2nc(C(C)C)n3c(SCC(=O)Nc4ccc(S(=O)(=O)NC5CCCC5)cc4)nnc3c2c1C. The Kier molecular flexibility index (Phi) is 7.27. The molecule has 0 spiro atoms. The summed E-state index contributed by atoms with van der Waals surface area (Å²) >= 11 is 2.96. The largest absolute Gasteiger partial charge is 0.325 e. The topological polar surface area (TPSA) is 118 Å². The summed E-state index contributed by atoms with van der Waals surface area (Å²) in [6, 6.07) is 6.26. The molecule has 0 atom stereocenters. The number of rotatable bonds is 8. The summed E-state index contributed by atoms with van der Waals surface area (Å²) in [5.41, 5.74) is 2.45. The van der Waals surface area contributed by atoms with E-state index in [0.29, 0.717) is 10.8 Å². The van der Waals surface area contributed by atoms with Crippen LogP contribution in [0, 0.1) is 13.8 Å². The van der Waals surface area contributed by atoms with Crippen LogP contribution in [0.15, 0.2) is 34.3 Å². The number of thiophene rings is 1. The standard InChI is InChI=1S/C25H30N6O3S3/c1-14(2)22-27-24-21(15(3)16(4)36-24)23-28-29-25(31(22)23)35-13-20(32)26-17-9-11-19(12-10-17)37(33,34)30-18-7-5-6-8-18/h9-12,14,18,30H,5-8,13H2,1-4H3,(H,26,32). The van der Waals surface area contributed by atoms with E-state index in [1.54, 1.807) is 23.5 Å². The molecular formula is C25H30N6O3S3. The Bertz CT molecular complexity index is 1570. The van der Waals surface area contributed by atoms with Crippen molar-refractivity contribution in [1.82, 2.24) is 24.3 Å². The Morgan fingerprint density at radius 2 is 1.86 bits per heavy atom. The van der Waals surface area contributed by atoms with Gasteiger partial charge in [-0.2, -0.15) is 0 Å². The first-order valence-electron chi connectivity index (χ1n) is 12.3. The summed E-state index contributed by atoms with van der Waals surface area (Å²) in [5, 5.41) is 13.3. The second-order valence-electron chi connectivity index (χ2n) is 9.69. The highest BCUT2D eigenvalue weighted by molar-refractivity contribution is 7.99. The second-order valence-corrected chi connectivity index (χ2v) is 13.6. The van der Waals surface area contributed by atoms with Gasteiger partial charge in [-0.3, -0.25) is 9.20 Å².